The van der Waals surface area contributed by atoms with E-state index in [1.54, 1.807) is 6.07 Å². The van der Waals surface area contributed by atoms with Gasteiger partial charge < -0.3 is 15.1 Å². The van der Waals surface area contributed by atoms with E-state index in [0.29, 0.717) is 5.56 Å². The van der Waals surface area contributed by atoms with Gasteiger partial charge in [-0.25, -0.2) is 0 Å². The molecule has 0 unspecified atom stereocenters. The second-order valence-electron chi connectivity index (χ2n) is 6.08. The maximum atomic E-state index is 9.65. The number of nitrogens with zero attached hydrogens (tertiary/aromatic N) is 1. The van der Waals surface area contributed by atoms with Crippen LogP contribution in [-0.2, 0) is 0 Å². The summed E-state index contributed by atoms with van der Waals surface area (Å²) in [7, 11) is 0. The van der Waals surface area contributed by atoms with E-state index in [4.69, 9.17) is 0 Å². The van der Waals surface area contributed by atoms with E-state index in [1.807, 2.05) is 37.3 Å². The van der Waals surface area contributed by atoms with Gasteiger partial charge in [0.15, 0.2) is 0 Å². The predicted molar refractivity (Wildman–Crippen MR) is 110 cm³/mol. The van der Waals surface area contributed by atoms with Crippen molar-refractivity contribution in [2.24, 2.45) is 0 Å². The summed E-state index contributed by atoms with van der Waals surface area (Å²) in [5, 5.41) is 19.0. The minimum absolute atomic E-state index is 0.156. The van der Waals surface area contributed by atoms with Crippen molar-refractivity contribution in [1.29, 1.82) is 0 Å². The van der Waals surface area contributed by atoms with Crippen LogP contribution in [0.25, 0.3) is 11.1 Å². The smallest absolute Gasteiger partial charge is 0.123 e. The Morgan fingerprint density at radius 2 is 1.38 bits per heavy atom. The molecule has 0 saturated carbocycles. The summed E-state index contributed by atoms with van der Waals surface area (Å²) in [5.41, 5.74) is 4.03. The van der Waals surface area contributed by atoms with Crippen molar-refractivity contribution in [3.63, 3.8) is 0 Å². The highest BCUT2D eigenvalue weighted by atomic mass is 16.3. The van der Waals surface area contributed by atoms with Crippen molar-refractivity contribution in [2.75, 3.05) is 18.0 Å². The zero-order valence-electron chi connectivity index (χ0n) is 15.7. The summed E-state index contributed by atoms with van der Waals surface area (Å²) < 4.78 is 0. The number of para-hydroxylation sites is 1. The Morgan fingerprint density at radius 1 is 0.769 bits per heavy atom. The van der Waals surface area contributed by atoms with Crippen molar-refractivity contribution < 1.29 is 10.2 Å². The predicted octanol–water partition coefficient (Wildman–Crippen LogP) is 5.61. The van der Waals surface area contributed by atoms with Crippen LogP contribution in [0.1, 0.15) is 19.4 Å². The first kappa shape index (κ1) is 19.4. The van der Waals surface area contributed by atoms with Crippen LogP contribution in [0.15, 0.2) is 72.8 Å². The van der Waals surface area contributed by atoms with Crippen LogP contribution in [0.4, 0.5) is 5.69 Å². The average Bonchev–Trinajstić information content (AvgIpc) is 2.67. The number of phenols is 2. The lowest BCUT2D eigenvalue weighted by molar-refractivity contribution is 0.462. The molecule has 3 aromatic carbocycles. The number of rotatable bonds is 4. The Bertz CT molecular complexity index is 794. The fourth-order valence-corrected chi connectivity index (χ4v) is 2.72. The first-order chi connectivity index (χ1) is 12.5. The van der Waals surface area contributed by atoms with Crippen LogP contribution < -0.4 is 4.90 Å². The Labute approximate surface area is 156 Å². The van der Waals surface area contributed by atoms with Crippen molar-refractivity contribution in [2.45, 2.75) is 20.8 Å². The van der Waals surface area contributed by atoms with E-state index >= 15 is 0 Å². The van der Waals surface area contributed by atoms with Gasteiger partial charge in [-0.15, -0.1) is 0 Å². The fraction of sp³-hybridized carbons (Fsp3) is 0.217. The van der Waals surface area contributed by atoms with Gasteiger partial charge in [-0.1, -0.05) is 48.0 Å². The molecule has 0 fully saturated rings. The Hall–Kier alpha value is -2.94. The second kappa shape index (κ2) is 9.52. The van der Waals surface area contributed by atoms with E-state index in [-0.39, 0.29) is 11.5 Å². The third-order valence-electron chi connectivity index (χ3n) is 4.23. The molecular formula is C23H27NO2. The minimum Gasteiger partial charge on any atom is -0.508 e. The van der Waals surface area contributed by atoms with E-state index < -0.39 is 0 Å². The molecule has 0 amide bonds. The zero-order chi connectivity index (χ0) is 18.9. The molecule has 0 aliphatic rings. The molecule has 136 valence electrons. The highest BCUT2D eigenvalue weighted by molar-refractivity contribution is 5.71. The molecule has 26 heavy (non-hydrogen) atoms. The summed E-state index contributed by atoms with van der Waals surface area (Å²) in [5.74, 6) is 0.333. The van der Waals surface area contributed by atoms with Crippen molar-refractivity contribution in [3.8, 4) is 22.6 Å². The monoisotopic (exact) mass is 349 g/mol. The second-order valence-corrected chi connectivity index (χ2v) is 6.08. The van der Waals surface area contributed by atoms with Gasteiger partial charge in [0.2, 0.25) is 0 Å². The van der Waals surface area contributed by atoms with Crippen molar-refractivity contribution in [3.05, 3.63) is 78.4 Å². The lowest BCUT2D eigenvalue weighted by Crippen LogP contribution is -2.21. The standard InChI is InChI=1S/C13H12O2.C10H15N/c1-9-2-4-10(5-3-9)12-8-11(14)6-7-13(12)15;1-3-11(4-2)10-8-6-5-7-9-10/h2-8,14-15H,1H3;5-9H,3-4H2,1-2H3. The van der Waals surface area contributed by atoms with Crippen LogP contribution >= 0.6 is 0 Å². The van der Waals surface area contributed by atoms with Crippen LogP contribution in [0.2, 0.25) is 0 Å². The molecule has 3 rings (SSSR count). The minimum atomic E-state index is 0.156. The number of benzene rings is 3. The number of aromatic hydroxyl groups is 2. The van der Waals surface area contributed by atoms with E-state index in [2.05, 4.69) is 43.0 Å². The Balaban J connectivity index is 0.000000197. The van der Waals surface area contributed by atoms with Crippen LogP contribution in [-0.4, -0.2) is 23.3 Å². The number of anilines is 1. The maximum absolute atomic E-state index is 9.65. The molecule has 0 spiro atoms. The molecule has 2 N–H and O–H groups in total. The van der Waals surface area contributed by atoms with Gasteiger partial charge in [0.05, 0.1) is 0 Å². The van der Waals surface area contributed by atoms with Crippen molar-refractivity contribution in [1.82, 2.24) is 0 Å². The van der Waals surface area contributed by atoms with E-state index in [0.717, 1.165) is 18.7 Å². The fourth-order valence-electron chi connectivity index (χ4n) is 2.72. The molecule has 0 bridgehead atoms. The number of hydrogen-bond donors (Lipinski definition) is 2. The lowest BCUT2D eigenvalue weighted by Gasteiger charge is -2.20. The lowest BCUT2D eigenvalue weighted by atomic mass is 10.0. The van der Waals surface area contributed by atoms with Crippen LogP contribution in [0.3, 0.4) is 0 Å². The third-order valence-corrected chi connectivity index (χ3v) is 4.23. The maximum Gasteiger partial charge on any atom is 0.123 e. The number of phenolic OH excluding ortho intramolecular Hbond substituents is 2. The van der Waals surface area contributed by atoms with Gasteiger partial charge in [0.1, 0.15) is 11.5 Å². The van der Waals surface area contributed by atoms with Gasteiger partial charge in [-0.2, -0.15) is 0 Å². The molecular weight excluding hydrogens is 322 g/mol. The summed E-state index contributed by atoms with van der Waals surface area (Å²) in [6, 6.07) is 22.8. The zero-order valence-corrected chi connectivity index (χ0v) is 15.7. The van der Waals surface area contributed by atoms with Crippen LogP contribution in [0.5, 0.6) is 11.5 Å². The van der Waals surface area contributed by atoms with Gasteiger partial charge in [0.25, 0.3) is 0 Å². The van der Waals surface area contributed by atoms with E-state index in [1.165, 1.54) is 23.4 Å². The SMILES string of the molecule is CCN(CC)c1ccccc1.Cc1ccc(-c2cc(O)ccc2O)cc1. The largest absolute Gasteiger partial charge is 0.508 e. The van der Waals surface area contributed by atoms with Crippen molar-refractivity contribution >= 4 is 5.69 Å². The van der Waals surface area contributed by atoms with Gasteiger partial charge in [-0.3, -0.25) is 0 Å². The summed E-state index contributed by atoms with van der Waals surface area (Å²) >= 11 is 0. The van der Waals surface area contributed by atoms with Gasteiger partial charge in [0, 0.05) is 24.3 Å². The molecule has 3 aromatic rings. The van der Waals surface area contributed by atoms with Gasteiger partial charge >= 0.3 is 0 Å². The number of hydrogen-bond acceptors (Lipinski definition) is 3. The number of aryl methyl sites for hydroxylation is 1. The molecule has 0 aliphatic heterocycles. The normalized spacial score (nSPS) is 9.96. The third kappa shape index (κ3) is 5.28. The molecule has 0 saturated heterocycles. The summed E-state index contributed by atoms with van der Waals surface area (Å²) in [4.78, 5) is 2.33. The molecule has 0 aromatic heterocycles. The first-order valence-corrected chi connectivity index (χ1v) is 8.94. The summed E-state index contributed by atoms with van der Waals surface area (Å²) in [6.07, 6.45) is 0. The van der Waals surface area contributed by atoms with Gasteiger partial charge in [-0.05, 0) is 56.7 Å². The van der Waals surface area contributed by atoms with Crippen LogP contribution in [0, 0.1) is 6.92 Å². The molecule has 0 radical (unpaired) electrons. The summed E-state index contributed by atoms with van der Waals surface area (Å²) in [6.45, 7) is 8.53. The quantitative estimate of drug-likeness (QED) is 0.602. The molecule has 0 heterocycles. The average molecular weight is 349 g/mol. The molecule has 0 aliphatic carbocycles. The molecule has 3 heteroatoms. The highest BCUT2D eigenvalue weighted by Crippen LogP contribution is 2.32. The van der Waals surface area contributed by atoms with E-state index in [9.17, 15) is 10.2 Å². The molecule has 0 atom stereocenters. The topological polar surface area (TPSA) is 43.7 Å². The molecule has 3 nitrogen and oxygen atoms in total. The highest BCUT2D eigenvalue weighted by Gasteiger charge is 2.04. The first-order valence-electron chi connectivity index (χ1n) is 8.94. The Kier molecular flexibility index (Phi) is 7.10. The Morgan fingerprint density at radius 3 is 1.96 bits per heavy atom.